The molecule has 0 radical (unpaired) electrons. The van der Waals surface area contributed by atoms with Gasteiger partial charge in [0, 0.05) is 6.04 Å². The molecule has 0 aliphatic carbocycles. The number of nitrogens with one attached hydrogen (secondary N) is 1. The maximum absolute atomic E-state index is 11.4. The number of guanidine groups is 1. The molecule has 1 atom stereocenters. The monoisotopic (exact) mass is 182 g/mol. The second-order valence-electron chi connectivity index (χ2n) is 3.09. The third-order valence-electron chi connectivity index (χ3n) is 1.79. The number of nitrogens with zero attached hydrogens (tertiary/aromatic N) is 2. The van der Waals surface area contributed by atoms with E-state index in [1.54, 1.807) is 11.0 Å². The molecule has 0 spiro atoms. The van der Waals surface area contributed by atoms with Crippen molar-refractivity contribution in [2.24, 2.45) is 10.7 Å². The zero-order valence-electron chi connectivity index (χ0n) is 7.82. The number of rotatable bonds is 2. The van der Waals surface area contributed by atoms with Crippen LogP contribution in [-0.2, 0) is 0 Å². The van der Waals surface area contributed by atoms with Crippen molar-refractivity contribution in [2.45, 2.75) is 26.1 Å². The van der Waals surface area contributed by atoms with Gasteiger partial charge in [-0.2, -0.15) is 0 Å². The second-order valence-corrected chi connectivity index (χ2v) is 3.09. The highest BCUT2D eigenvalue weighted by Crippen LogP contribution is 2.11. The molecule has 5 nitrogen and oxygen atoms in total. The van der Waals surface area contributed by atoms with Crippen molar-refractivity contribution in [1.29, 1.82) is 0 Å². The topological polar surface area (TPSA) is 70.7 Å². The molecule has 0 aromatic rings. The number of carbonyl (C=O) groups excluding carboxylic acids is 1. The van der Waals surface area contributed by atoms with Crippen LogP contribution in [0.3, 0.4) is 0 Å². The zero-order valence-corrected chi connectivity index (χ0v) is 7.82. The summed E-state index contributed by atoms with van der Waals surface area (Å²) in [5.74, 6) is 0.145. The molecule has 0 fully saturated rings. The maximum atomic E-state index is 11.4. The van der Waals surface area contributed by atoms with Crippen LogP contribution in [0.25, 0.3) is 0 Å². The Balaban J connectivity index is 2.93. The van der Waals surface area contributed by atoms with Gasteiger partial charge >= 0.3 is 6.03 Å². The third kappa shape index (κ3) is 1.80. The van der Waals surface area contributed by atoms with Crippen molar-refractivity contribution in [2.75, 3.05) is 0 Å². The van der Waals surface area contributed by atoms with E-state index in [1.807, 2.05) is 13.8 Å². The van der Waals surface area contributed by atoms with Crippen LogP contribution in [-0.4, -0.2) is 29.1 Å². The van der Waals surface area contributed by atoms with E-state index in [9.17, 15) is 4.79 Å². The van der Waals surface area contributed by atoms with Crippen molar-refractivity contribution in [3.05, 3.63) is 12.7 Å². The first-order valence-corrected chi connectivity index (χ1v) is 4.11. The summed E-state index contributed by atoms with van der Waals surface area (Å²) in [6.07, 6.45) is 1.24. The Bertz CT molecular complexity index is 259. The quantitative estimate of drug-likeness (QED) is 0.601. The summed E-state index contributed by atoms with van der Waals surface area (Å²) in [5.41, 5.74) is 5.40. The zero-order chi connectivity index (χ0) is 10.0. The molecular weight excluding hydrogens is 168 g/mol. The van der Waals surface area contributed by atoms with Crippen molar-refractivity contribution in [3.8, 4) is 0 Å². The first-order chi connectivity index (χ1) is 6.06. The van der Waals surface area contributed by atoms with E-state index in [0.717, 1.165) is 0 Å². The van der Waals surface area contributed by atoms with Crippen LogP contribution < -0.4 is 11.1 Å². The number of amides is 2. The summed E-state index contributed by atoms with van der Waals surface area (Å²) in [6.45, 7) is 7.42. The maximum Gasteiger partial charge on any atom is 0.326 e. The SMILES string of the molecule is C=CC1N=C(N)NC(=O)N1C(C)C. The van der Waals surface area contributed by atoms with Gasteiger partial charge in [0.2, 0.25) is 0 Å². The lowest BCUT2D eigenvalue weighted by Gasteiger charge is -2.33. The van der Waals surface area contributed by atoms with Crippen LogP contribution in [0.4, 0.5) is 4.79 Å². The lowest BCUT2D eigenvalue weighted by molar-refractivity contribution is 0.170. The fraction of sp³-hybridized carbons (Fsp3) is 0.500. The average Bonchev–Trinajstić information content (AvgIpc) is 2.01. The molecule has 1 aliphatic heterocycles. The smallest absolute Gasteiger partial charge is 0.326 e. The number of nitrogens with two attached hydrogens (primary N) is 1. The molecule has 72 valence electrons. The van der Waals surface area contributed by atoms with Gasteiger partial charge in [-0.3, -0.25) is 10.2 Å². The van der Waals surface area contributed by atoms with E-state index in [-0.39, 0.29) is 24.2 Å². The summed E-state index contributed by atoms with van der Waals surface area (Å²) < 4.78 is 0. The van der Waals surface area contributed by atoms with Gasteiger partial charge in [0.05, 0.1) is 0 Å². The highest BCUT2D eigenvalue weighted by molar-refractivity contribution is 5.97. The van der Waals surface area contributed by atoms with Crippen LogP contribution in [0.15, 0.2) is 17.6 Å². The molecule has 1 aliphatic rings. The molecule has 13 heavy (non-hydrogen) atoms. The number of aliphatic imine (C=N–C) groups is 1. The average molecular weight is 182 g/mol. The van der Waals surface area contributed by atoms with E-state index >= 15 is 0 Å². The van der Waals surface area contributed by atoms with Crippen molar-refractivity contribution in [1.82, 2.24) is 10.2 Å². The van der Waals surface area contributed by atoms with Gasteiger partial charge in [-0.05, 0) is 19.9 Å². The fourth-order valence-corrected chi connectivity index (χ4v) is 1.24. The van der Waals surface area contributed by atoms with Gasteiger partial charge in [0.15, 0.2) is 5.96 Å². The van der Waals surface area contributed by atoms with Crippen molar-refractivity contribution < 1.29 is 4.79 Å². The predicted molar refractivity (Wildman–Crippen MR) is 51.1 cm³/mol. The van der Waals surface area contributed by atoms with E-state index in [2.05, 4.69) is 16.9 Å². The van der Waals surface area contributed by atoms with Gasteiger partial charge in [-0.25, -0.2) is 9.79 Å². The number of urea groups is 1. The summed E-state index contributed by atoms with van der Waals surface area (Å²) in [7, 11) is 0. The summed E-state index contributed by atoms with van der Waals surface area (Å²) >= 11 is 0. The Morgan fingerprint density at radius 1 is 1.77 bits per heavy atom. The third-order valence-corrected chi connectivity index (χ3v) is 1.79. The Morgan fingerprint density at radius 3 is 2.85 bits per heavy atom. The Morgan fingerprint density at radius 2 is 2.38 bits per heavy atom. The normalized spacial score (nSPS) is 22.7. The van der Waals surface area contributed by atoms with Crippen LogP contribution in [0.2, 0.25) is 0 Å². The van der Waals surface area contributed by atoms with Crippen LogP contribution in [0.5, 0.6) is 0 Å². The second kappa shape index (κ2) is 3.47. The van der Waals surface area contributed by atoms with Gasteiger partial charge in [-0.1, -0.05) is 6.58 Å². The minimum atomic E-state index is -0.353. The van der Waals surface area contributed by atoms with Crippen LogP contribution in [0.1, 0.15) is 13.8 Å². The Hall–Kier alpha value is -1.52. The van der Waals surface area contributed by atoms with Gasteiger partial charge in [0.1, 0.15) is 6.17 Å². The van der Waals surface area contributed by atoms with Crippen molar-refractivity contribution >= 4 is 12.0 Å². The minimum Gasteiger partial charge on any atom is -0.370 e. The summed E-state index contributed by atoms with van der Waals surface area (Å²) in [5, 5.41) is 2.44. The summed E-state index contributed by atoms with van der Waals surface area (Å²) in [6, 6.07) is -0.160. The first kappa shape index (κ1) is 9.57. The van der Waals surface area contributed by atoms with Gasteiger partial charge in [-0.15, -0.1) is 0 Å². The number of hydrogen-bond acceptors (Lipinski definition) is 3. The predicted octanol–water partition coefficient (Wildman–Crippen LogP) is 0.247. The molecule has 1 unspecified atom stereocenters. The Labute approximate surface area is 77.3 Å². The minimum absolute atomic E-state index is 0.0693. The summed E-state index contributed by atoms with van der Waals surface area (Å²) in [4.78, 5) is 17.0. The van der Waals surface area contributed by atoms with Crippen LogP contribution in [0, 0.1) is 0 Å². The lowest BCUT2D eigenvalue weighted by Crippen LogP contribution is -2.56. The molecule has 1 heterocycles. The molecule has 0 bridgehead atoms. The molecule has 0 aromatic carbocycles. The molecule has 3 N–H and O–H groups in total. The van der Waals surface area contributed by atoms with E-state index in [1.165, 1.54) is 0 Å². The molecule has 0 aromatic heterocycles. The highest BCUT2D eigenvalue weighted by Gasteiger charge is 2.28. The molecular formula is C8H14N4O. The first-order valence-electron chi connectivity index (χ1n) is 4.11. The van der Waals surface area contributed by atoms with Gasteiger partial charge < -0.3 is 5.73 Å². The standard InChI is InChI=1S/C8H14N4O/c1-4-6-10-7(9)11-8(13)12(6)5(2)3/h4-6H,1H2,2-3H3,(H3,9,10,11,13). The van der Waals surface area contributed by atoms with Crippen molar-refractivity contribution in [3.63, 3.8) is 0 Å². The lowest BCUT2D eigenvalue weighted by atomic mass is 10.3. The van der Waals surface area contributed by atoms with E-state index < -0.39 is 0 Å². The number of hydrogen-bond donors (Lipinski definition) is 2. The molecule has 0 saturated heterocycles. The Kier molecular flexibility index (Phi) is 2.55. The molecule has 1 rings (SSSR count). The van der Waals surface area contributed by atoms with E-state index in [0.29, 0.717) is 0 Å². The largest absolute Gasteiger partial charge is 0.370 e. The highest BCUT2D eigenvalue weighted by atomic mass is 16.2. The fourth-order valence-electron chi connectivity index (χ4n) is 1.24. The van der Waals surface area contributed by atoms with E-state index in [4.69, 9.17) is 5.73 Å². The molecule has 5 heteroatoms. The molecule has 0 saturated carbocycles. The molecule has 2 amide bonds. The number of carbonyl (C=O) groups is 1. The van der Waals surface area contributed by atoms with Crippen LogP contribution >= 0.6 is 0 Å². The van der Waals surface area contributed by atoms with Gasteiger partial charge in [0.25, 0.3) is 0 Å².